The third kappa shape index (κ3) is 4.01. The molecule has 0 aromatic carbocycles. The van der Waals surface area contributed by atoms with E-state index in [0.717, 1.165) is 11.3 Å². The first-order valence-corrected chi connectivity index (χ1v) is 7.07. The van der Waals surface area contributed by atoms with Crippen molar-refractivity contribution in [2.45, 2.75) is 26.8 Å². The van der Waals surface area contributed by atoms with Crippen LogP contribution in [0.2, 0.25) is 0 Å². The molecule has 0 bridgehead atoms. The number of anilines is 1. The molecule has 0 spiro atoms. The van der Waals surface area contributed by atoms with Crippen LogP contribution in [-0.2, 0) is 9.47 Å². The number of hydrogen-bond acceptors (Lipinski definition) is 7. The summed E-state index contributed by atoms with van der Waals surface area (Å²) in [6.45, 7) is 6.02. The van der Waals surface area contributed by atoms with Crippen LogP contribution in [0.15, 0.2) is 0 Å². The van der Waals surface area contributed by atoms with Gasteiger partial charge in [0.05, 0.1) is 19.8 Å². The van der Waals surface area contributed by atoms with Gasteiger partial charge in [0.1, 0.15) is 4.88 Å². The van der Waals surface area contributed by atoms with E-state index in [0.29, 0.717) is 22.5 Å². The third-order valence-corrected chi connectivity index (χ3v) is 3.87. The molecule has 0 aliphatic rings. The molecule has 0 saturated heterocycles. The smallest absolute Gasteiger partial charge is 0.358 e. The van der Waals surface area contributed by atoms with Gasteiger partial charge in [0.15, 0.2) is 16.6 Å². The Bertz CT molecular complexity index is 485. The molecule has 1 atom stereocenters. The van der Waals surface area contributed by atoms with Crippen molar-refractivity contribution < 1.29 is 19.1 Å². The summed E-state index contributed by atoms with van der Waals surface area (Å²) in [4.78, 5) is 27.6. The summed E-state index contributed by atoms with van der Waals surface area (Å²) in [5.41, 5.74) is 0.0624. The molecule has 0 aliphatic heterocycles. The maximum absolute atomic E-state index is 11.6. The minimum absolute atomic E-state index is 0.0523. The third-order valence-electron chi connectivity index (χ3n) is 2.79. The predicted molar refractivity (Wildman–Crippen MR) is 77.6 cm³/mol. The van der Waals surface area contributed by atoms with Gasteiger partial charge in [-0.25, -0.2) is 9.78 Å². The number of nitrogens with zero attached hydrogens (tertiary/aromatic N) is 1. The number of rotatable bonds is 7. The number of ether oxygens (including phenoxy) is 2. The molecule has 6 nitrogen and oxygen atoms in total. The molecule has 20 heavy (non-hydrogen) atoms. The van der Waals surface area contributed by atoms with E-state index >= 15 is 0 Å². The van der Waals surface area contributed by atoms with Gasteiger partial charge in [-0.15, -0.1) is 0 Å². The Morgan fingerprint density at radius 3 is 2.45 bits per heavy atom. The lowest BCUT2D eigenvalue weighted by Crippen LogP contribution is -2.30. The van der Waals surface area contributed by atoms with Crippen LogP contribution in [0.5, 0.6) is 0 Å². The first-order valence-electron chi connectivity index (χ1n) is 6.26. The molecule has 0 fully saturated rings. The summed E-state index contributed by atoms with van der Waals surface area (Å²) >= 11 is 1.15. The fourth-order valence-electron chi connectivity index (χ4n) is 1.59. The first kappa shape index (κ1) is 16.6. The van der Waals surface area contributed by atoms with Crippen LogP contribution < -0.4 is 5.32 Å². The van der Waals surface area contributed by atoms with Crippen molar-refractivity contribution in [3.63, 3.8) is 0 Å². The Labute approximate surface area is 122 Å². The van der Waals surface area contributed by atoms with E-state index < -0.39 is 5.97 Å². The topological polar surface area (TPSA) is 77.5 Å². The zero-order valence-corrected chi connectivity index (χ0v) is 13.2. The standard InChI is InChI=1S/C13H20N2O4S/c1-7(2)9(6-18-4)14-13-15-10(12(17)19-5)11(20-13)8(3)16/h7,9H,6H2,1-5H3,(H,14,15). The molecule has 1 heterocycles. The normalized spacial score (nSPS) is 12.3. The fourth-order valence-corrected chi connectivity index (χ4v) is 2.50. The van der Waals surface area contributed by atoms with E-state index in [1.807, 2.05) is 0 Å². The van der Waals surface area contributed by atoms with Crippen LogP contribution in [0.3, 0.4) is 0 Å². The Hall–Kier alpha value is -1.47. The van der Waals surface area contributed by atoms with Crippen molar-refractivity contribution >= 4 is 28.2 Å². The van der Waals surface area contributed by atoms with Crippen molar-refractivity contribution in [3.05, 3.63) is 10.6 Å². The average Bonchev–Trinajstić information content (AvgIpc) is 2.81. The highest BCUT2D eigenvalue weighted by Crippen LogP contribution is 2.25. The van der Waals surface area contributed by atoms with Gasteiger partial charge in [0, 0.05) is 14.0 Å². The molecule has 0 aliphatic carbocycles. The van der Waals surface area contributed by atoms with Gasteiger partial charge < -0.3 is 14.8 Å². The second kappa shape index (κ2) is 7.35. The predicted octanol–water partition coefficient (Wildman–Crippen LogP) is 2.22. The summed E-state index contributed by atoms with van der Waals surface area (Å²) in [5.74, 6) is -0.489. The highest BCUT2D eigenvalue weighted by Gasteiger charge is 2.23. The van der Waals surface area contributed by atoms with Crippen LogP contribution in [-0.4, -0.2) is 43.6 Å². The number of esters is 1. The summed E-state index contributed by atoms with van der Waals surface area (Å²) in [6, 6.07) is 0.0523. The monoisotopic (exact) mass is 300 g/mol. The number of thiazole rings is 1. The lowest BCUT2D eigenvalue weighted by atomic mass is 10.1. The molecule has 1 aromatic rings. The van der Waals surface area contributed by atoms with Crippen molar-refractivity contribution in [1.82, 2.24) is 4.98 Å². The zero-order valence-electron chi connectivity index (χ0n) is 12.4. The van der Waals surface area contributed by atoms with Crippen molar-refractivity contribution in [1.29, 1.82) is 0 Å². The molecule has 1 aromatic heterocycles. The largest absolute Gasteiger partial charge is 0.464 e. The fraction of sp³-hybridized carbons (Fsp3) is 0.615. The minimum Gasteiger partial charge on any atom is -0.464 e. The summed E-state index contributed by atoms with van der Waals surface area (Å²) < 4.78 is 9.79. The Kier molecular flexibility index (Phi) is 6.09. The second-order valence-corrected chi connectivity index (χ2v) is 5.69. The van der Waals surface area contributed by atoms with Crippen LogP contribution in [0, 0.1) is 5.92 Å². The van der Waals surface area contributed by atoms with Gasteiger partial charge in [-0.3, -0.25) is 4.79 Å². The van der Waals surface area contributed by atoms with Gasteiger partial charge in [0.25, 0.3) is 0 Å². The van der Waals surface area contributed by atoms with E-state index in [1.165, 1.54) is 14.0 Å². The van der Waals surface area contributed by atoms with E-state index in [4.69, 9.17) is 4.74 Å². The minimum atomic E-state index is -0.604. The van der Waals surface area contributed by atoms with Gasteiger partial charge in [0.2, 0.25) is 0 Å². The van der Waals surface area contributed by atoms with E-state index in [2.05, 4.69) is 28.9 Å². The Morgan fingerprint density at radius 1 is 1.35 bits per heavy atom. The SMILES string of the molecule is COCC(Nc1nc(C(=O)OC)c(C(C)=O)s1)C(C)C. The molecule has 1 unspecified atom stereocenters. The number of ketones is 1. The molecule has 0 radical (unpaired) electrons. The number of carbonyl (C=O) groups excluding carboxylic acids is 2. The van der Waals surface area contributed by atoms with Gasteiger partial charge in [-0.1, -0.05) is 25.2 Å². The van der Waals surface area contributed by atoms with Crippen LogP contribution in [0.25, 0.3) is 0 Å². The number of Topliss-reactive ketones (excluding diaryl/α,β-unsaturated/α-hetero) is 1. The molecular weight excluding hydrogens is 280 g/mol. The first-order chi connectivity index (χ1) is 9.40. The summed E-state index contributed by atoms with van der Waals surface area (Å²) in [5, 5.41) is 3.72. The Morgan fingerprint density at radius 2 is 2.00 bits per heavy atom. The van der Waals surface area contributed by atoms with Crippen LogP contribution in [0.1, 0.15) is 40.9 Å². The highest BCUT2D eigenvalue weighted by atomic mass is 32.1. The summed E-state index contributed by atoms with van der Waals surface area (Å²) in [7, 11) is 2.89. The van der Waals surface area contributed by atoms with Crippen molar-refractivity contribution in [2.24, 2.45) is 5.92 Å². The summed E-state index contributed by atoms with van der Waals surface area (Å²) in [6.07, 6.45) is 0. The second-order valence-electron chi connectivity index (χ2n) is 4.69. The average molecular weight is 300 g/mol. The van der Waals surface area contributed by atoms with E-state index in [9.17, 15) is 9.59 Å². The molecular formula is C13H20N2O4S. The zero-order chi connectivity index (χ0) is 15.3. The molecule has 1 N–H and O–H groups in total. The number of aromatic nitrogens is 1. The molecule has 0 saturated carbocycles. The van der Waals surface area contributed by atoms with Gasteiger partial charge in [-0.2, -0.15) is 0 Å². The van der Waals surface area contributed by atoms with Gasteiger partial charge in [-0.05, 0) is 5.92 Å². The van der Waals surface area contributed by atoms with Gasteiger partial charge >= 0.3 is 5.97 Å². The van der Waals surface area contributed by atoms with Crippen LogP contribution >= 0.6 is 11.3 Å². The maximum Gasteiger partial charge on any atom is 0.358 e. The number of nitrogens with one attached hydrogen (secondary N) is 1. The van der Waals surface area contributed by atoms with E-state index in [-0.39, 0.29) is 17.5 Å². The number of methoxy groups -OCH3 is 2. The van der Waals surface area contributed by atoms with Crippen molar-refractivity contribution in [3.8, 4) is 0 Å². The molecule has 7 heteroatoms. The molecule has 0 amide bonds. The highest BCUT2D eigenvalue weighted by molar-refractivity contribution is 7.17. The molecule has 1 rings (SSSR count). The molecule has 112 valence electrons. The lowest BCUT2D eigenvalue weighted by Gasteiger charge is -2.20. The number of hydrogen-bond donors (Lipinski definition) is 1. The Balaban J connectivity index is 3.02. The van der Waals surface area contributed by atoms with Crippen molar-refractivity contribution in [2.75, 3.05) is 26.1 Å². The number of carbonyl (C=O) groups is 2. The van der Waals surface area contributed by atoms with E-state index in [1.54, 1.807) is 7.11 Å². The maximum atomic E-state index is 11.6. The quantitative estimate of drug-likeness (QED) is 0.614. The van der Waals surface area contributed by atoms with Crippen LogP contribution in [0.4, 0.5) is 5.13 Å². The lowest BCUT2D eigenvalue weighted by molar-refractivity contribution is 0.0591.